The standard InChI is InChI=1S/C20H16F3N5O2/c1-2-3-11-4-6-14(10-15(11)20(21,22)23)24-19(29)12-5-7-16-13(8-12)9-17(30-16)18-25-27-28-26-18/h4-10H,2-3H2,1H3,(H,24,29)(H,25,26,27,28). The number of hydrogen-bond donors (Lipinski definition) is 2. The summed E-state index contributed by atoms with van der Waals surface area (Å²) in [6.07, 6.45) is -3.60. The minimum Gasteiger partial charge on any atom is -0.453 e. The van der Waals surface area contributed by atoms with Gasteiger partial charge in [0.1, 0.15) is 5.58 Å². The molecule has 0 bridgehead atoms. The minimum absolute atomic E-state index is 0.0759. The van der Waals surface area contributed by atoms with Gasteiger partial charge in [0.15, 0.2) is 5.76 Å². The van der Waals surface area contributed by atoms with Crippen LogP contribution in [0, 0.1) is 0 Å². The van der Waals surface area contributed by atoms with Crippen LogP contribution in [0.1, 0.15) is 34.8 Å². The van der Waals surface area contributed by atoms with Crippen molar-refractivity contribution in [2.45, 2.75) is 25.9 Å². The van der Waals surface area contributed by atoms with Crippen molar-refractivity contribution in [2.24, 2.45) is 0 Å². The number of alkyl halides is 3. The first kappa shape index (κ1) is 19.6. The van der Waals surface area contributed by atoms with E-state index in [-0.39, 0.29) is 22.6 Å². The number of nitrogens with zero attached hydrogens (tertiary/aromatic N) is 3. The van der Waals surface area contributed by atoms with Crippen molar-refractivity contribution < 1.29 is 22.4 Å². The number of tetrazole rings is 1. The Bertz CT molecular complexity index is 1200. The lowest BCUT2D eigenvalue weighted by molar-refractivity contribution is -0.138. The van der Waals surface area contributed by atoms with E-state index in [0.717, 1.165) is 6.07 Å². The molecule has 2 aromatic carbocycles. The second-order valence-corrected chi connectivity index (χ2v) is 6.67. The van der Waals surface area contributed by atoms with Crippen LogP contribution in [0.15, 0.2) is 46.9 Å². The van der Waals surface area contributed by atoms with Crippen LogP contribution in [0.25, 0.3) is 22.6 Å². The SMILES string of the molecule is CCCc1ccc(NC(=O)c2ccc3oc(-c4nn[nH]n4)cc3c2)cc1C(F)(F)F. The zero-order valence-corrected chi connectivity index (χ0v) is 15.7. The number of aromatic amines is 1. The van der Waals surface area contributed by atoms with Crippen molar-refractivity contribution in [1.82, 2.24) is 20.6 Å². The smallest absolute Gasteiger partial charge is 0.416 e. The van der Waals surface area contributed by atoms with Gasteiger partial charge in [-0.15, -0.1) is 10.2 Å². The summed E-state index contributed by atoms with van der Waals surface area (Å²) < 4.78 is 45.7. The van der Waals surface area contributed by atoms with Crippen molar-refractivity contribution >= 4 is 22.6 Å². The van der Waals surface area contributed by atoms with E-state index in [1.54, 1.807) is 18.2 Å². The van der Waals surface area contributed by atoms with Gasteiger partial charge in [0.25, 0.3) is 5.91 Å². The average molecular weight is 415 g/mol. The molecule has 2 heterocycles. The zero-order valence-electron chi connectivity index (χ0n) is 15.7. The van der Waals surface area contributed by atoms with Crippen LogP contribution in [0.4, 0.5) is 18.9 Å². The van der Waals surface area contributed by atoms with Crippen LogP contribution in [0.5, 0.6) is 0 Å². The first-order chi connectivity index (χ1) is 14.3. The molecule has 0 aliphatic carbocycles. The Morgan fingerprint density at radius 1 is 1.17 bits per heavy atom. The third kappa shape index (κ3) is 3.88. The van der Waals surface area contributed by atoms with Gasteiger partial charge in [0, 0.05) is 16.6 Å². The summed E-state index contributed by atoms with van der Waals surface area (Å²) in [6, 6.07) is 10.2. The third-order valence-electron chi connectivity index (χ3n) is 4.54. The molecule has 154 valence electrons. The highest BCUT2D eigenvalue weighted by atomic mass is 19.4. The van der Waals surface area contributed by atoms with E-state index in [9.17, 15) is 18.0 Å². The summed E-state index contributed by atoms with van der Waals surface area (Å²) in [6.45, 7) is 1.81. The fraction of sp³-hybridized carbons (Fsp3) is 0.200. The number of halogens is 3. The number of benzene rings is 2. The van der Waals surface area contributed by atoms with Crippen molar-refractivity contribution in [2.75, 3.05) is 5.32 Å². The molecule has 0 saturated carbocycles. The van der Waals surface area contributed by atoms with Crippen LogP contribution in [0.3, 0.4) is 0 Å². The minimum atomic E-state index is -4.49. The van der Waals surface area contributed by atoms with E-state index in [1.807, 2.05) is 6.92 Å². The number of furan rings is 1. The second kappa shape index (κ2) is 7.62. The largest absolute Gasteiger partial charge is 0.453 e. The summed E-state index contributed by atoms with van der Waals surface area (Å²) >= 11 is 0. The first-order valence-electron chi connectivity index (χ1n) is 9.14. The number of hydrogen-bond acceptors (Lipinski definition) is 5. The highest BCUT2D eigenvalue weighted by molar-refractivity contribution is 6.06. The molecule has 0 spiro atoms. The maximum Gasteiger partial charge on any atom is 0.416 e. The van der Waals surface area contributed by atoms with E-state index in [4.69, 9.17) is 4.42 Å². The lowest BCUT2D eigenvalue weighted by atomic mass is 10.0. The van der Waals surface area contributed by atoms with Gasteiger partial charge >= 0.3 is 6.18 Å². The summed E-state index contributed by atoms with van der Waals surface area (Å²) in [4.78, 5) is 12.6. The molecule has 4 rings (SSSR count). The molecule has 0 fully saturated rings. The molecule has 10 heteroatoms. The summed E-state index contributed by atoms with van der Waals surface area (Å²) in [7, 11) is 0. The Morgan fingerprint density at radius 3 is 2.70 bits per heavy atom. The molecular weight excluding hydrogens is 399 g/mol. The van der Waals surface area contributed by atoms with E-state index in [2.05, 4.69) is 25.9 Å². The second-order valence-electron chi connectivity index (χ2n) is 6.67. The number of rotatable bonds is 5. The van der Waals surface area contributed by atoms with Crippen LogP contribution in [-0.2, 0) is 12.6 Å². The lowest BCUT2D eigenvalue weighted by Gasteiger charge is -2.15. The number of carbonyl (C=O) groups excluding carboxylic acids is 1. The molecule has 7 nitrogen and oxygen atoms in total. The van der Waals surface area contributed by atoms with Crippen molar-refractivity contribution in [3.8, 4) is 11.6 Å². The third-order valence-corrected chi connectivity index (χ3v) is 4.54. The topological polar surface area (TPSA) is 96.7 Å². The Balaban J connectivity index is 1.60. The number of H-pyrrole nitrogens is 1. The molecule has 1 amide bonds. The summed E-state index contributed by atoms with van der Waals surface area (Å²) in [5.74, 6) is 0.109. The van der Waals surface area contributed by atoms with Gasteiger partial charge in [-0.2, -0.15) is 18.4 Å². The molecule has 0 aliphatic rings. The average Bonchev–Trinajstić information content (AvgIpc) is 3.37. The molecule has 2 N–H and O–H groups in total. The number of aromatic nitrogens is 4. The van der Waals surface area contributed by atoms with Gasteiger partial charge in [-0.1, -0.05) is 19.4 Å². The highest BCUT2D eigenvalue weighted by Crippen LogP contribution is 2.34. The molecular formula is C20H16F3N5O2. The van der Waals surface area contributed by atoms with Gasteiger partial charge in [-0.25, -0.2) is 0 Å². The van der Waals surface area contributed by atoms with E-state index in [1.165, 1.54) is 18.2 Å². The van der Waals surface area contributed by atoms with Crippen molar-refractivity contribution in [1.29, 1.82) is 0 Å². The summed E-state index contributed by atoms with van der Waals surface area (Å²) in [5.41, 5.74) is 0.324. The number of amides is 1. The molecule has 0 atom stereocenters. The Labute approximate surface area is 168 Å². The predicted molar refractivity (Wildman–Crippen MR) is 103 cm³/mol. The monoisotopic (exact) mass is 415 g/mol. The predicted octanol–water partition coefficient (Wildman–Crippen LogP) is 4.84. The lowest BCUT2D eigenvalue weighted by Crippen LogP contribution is -2.14. The highest BCUT2D eigenvalue weighted by Gasteiger charge is 2.33. The molecule has 30 heavy (non-hydrogen) atoms. The van der Waals surface area contributed by atoms with Crippen molar-refractivity contribution in [3.05, 3.63) is 59.2 Å². The van der Waals surface area contributed by atoms with Gasteiger partial charge in [-0.05, 0) is 53.6 Å². The van der Waals surface area contributed by atoms with Gasteiger partial charge in [0.2, 0.25) is 5.82 Å². The molecule has 0 unspecified atom stereocenters. The van der Waals surface area contributed by atoms with Crippen LogP contribution in [-0.4, -0.2) is 26.5 Å². The Kier molecular flexibility index (Phi) is 4.98. The normalized spacial score (nSPS) is 11.7. The molecule has 2 aromatic heterocycles. The van der Waals surface area contributed by atoms with E-state index in [0.29, 0.717) is 29.6 Å². The number of aryl methyl sites for hydroxylation is 1. The summed E-state index contributed by atoms with van der Waals surface area (Å²) in [5, 5.41) is 16.6. The number of anilines is 1. The quantitative estimate of drug-likeness (QED) is 0.486. The fourth-order valence-corrected chi connectivity index (χ4v) is 3.17. The Morgan fingerprint density at radius 2 is 2.00 bits per heavy atom. The number of nitrogens with one attached hydrogen (secondary N) is 2. The molecule has 0 radical (unpaired) electrons. The van der Waals surface area contributed by atoms with Gasteiger partial charge in [-0.3, -0.25) is 4.79 Å². The number of fused-ring (bicyclic) bond motifs is 1. The maximum atomic E-state index is 13.4. The van der Waals surface area contributed by atoms with Crippen LogP contribution >= 0.6 is 0 Å². The van der Waals surface area contributed by atoms with E-state index >= 15 is 0 Å². The molecule has 0 saturated heterocycles. The first-order valence-corrected chi connectivity index (χ1v) is 9.14. The molecule has 4 aromatic rings. The number of carbonyl (C=O) groups is 1. The zero-order chi connectivity index (χ0) is 21.3. The van der Waals surface area contributed by atoms with Crippen LogP contribution in [0.2, 0.25) is 0 Å². The van der Waals surface area contributed by atoms with Crippen molar-refractivity contribution in [3.63, 3.8) is 0 Å². The van der Waals surface area contributed by atoms with Gasteiger partial charge < -0.3 is 9.73 Å². The van der Waals surface area contributed by atoms with E-state index < -0.39 is 17.6 Å². The fourth-order valence-electron chi connectivity index (χ4n) is 3.17. The van der Waals surface area contributed by atoms with Crippen LogP contribution < -0.4 is 5.32 Å². The van der Waals surface area contributed by atoms with Gasteiger partial charge in [0.05, 0.1) is 5.56 Å². The Hall–Kier alpha value is -3.69. The molecule has 0 aliphatic heterocycles. The maximum absolute atomic E-state index is 13.4.